The highest BCUT2D eigenvalue weighted by Gasteiger charge is 2.50. The second kappa shape index (κ2) is 7.20. The molecule has 130 valence electrons. The number of fused-ring (bicyclic) bond motifs is 1. The fourth-order valence-electron chi connectivity index (χ4n) is 4.75. The minimum Gasteiger partial charge on any atom is -0.466 e. The van der Waals surface area contributed by atoms with E-state index in [-0.39, 0.29) is 29.3 Å². The first-order chi connectivity index (χ1) is 11.2. The highest BCUT2D eigenvalue weighted by Crippen LogP contribution is 2.44. The van der Waals surface area contributed by atoms with Crippen LogP contribution in [0.5, 0.6) is 0 Å². The molecule has 1 aliphatic heterocycles. The summed E-state index contributed by atoms with van der Waals surface area (Å²) in [6.07, 6.45) is 8.07. The minimum atomic E-state index is -0.170. The van der Waals surface area contributed by atoms with Gasteiger partial charge in [0.1, 0.15) is 0 Å². The molecular weight excluding hydrogens is 292 g/mol. The number of hydrogen-bond acceptors (Lipinski definition) is 4. The molecule has 3 aliphatic rings. The van der Waals surface area contributed by atoms with Crippen molar-refractivity contribution >= 4 is 11.9 Å². The first kappa shape index (κ1) is 16.7. The predicted octanol–water partition coefficient (Wildman–Crippen LogP) is 2.00. The Kier molecular flexibility index (Phi) is 5.24. The number of nitrogens with one attached hydrogen (secondary N) is 2. The van der Waals surface area contributed by atoms with Gasteiger partial charge in [-0.15, -0.1) is 0 Å². The first-order valence-electron chi connectivity index (χ1n) is 9.34. The van der Waals surface area contributed by atoms with Gasteiger partial charge in [0, 0.05) is 12.6 Å². The molecule has 2 aliphatic carbocycles. The largest absolute Gasteiger partial charge is 0.466 e. The molecule has 3 rings (SSSR count). The van der Waals surface area contributed by atoms with E-state index in [0.717, 1.165) is 45.2 Å². The average molecular weight is 322 g/mol. The Morgan fingerprint density at radius 2 is 1.96 bits per heavy atom. The van der Waals surface area contributed by atoms with E-state index in [1.54, 1.807) is 0 Å². The summed E-state index contributed by atoms with van der Waals surface area (Å²) in [4.78, 5) is 24.7. The molecule has 0 aromatic carbocycles. The van der Waals surface area contributed by atoms with Gasteiger partial charge >= 0.3 is 5.97 Å². The van der Waals surface area contributed by atoms with E-state index >= 15 is 0 Å². The van der Waals surface area contributed by atoms with Crippen molar-refractivity contribution in [1.82, 2.24) is 10.6 Å². The molecule has 1 amide bonds. The Morgan fingerprint density at radius 3 is 2.70 bits per heavy atom. The van der Waals surface area contributed by atoms with E-state index in [2.05, 4.69) is 10.6 Å². The van der Waals surface area contributed by atoms with Gasteiger partial charge in [0.25, 0.3) is 0 Å². The first-order valence-corrected chi connectivity index (χ1v) is 9.34. The molecule has 0 aromatic heterocycles. The lowest BCUT2D eigenvalue weighted by molar-refractivity contribution is -0.149. The maximum atomic E-state index is 12.9. The number of rotatable bonds is 4. The zero-order chi connectivity index (χ0) is 16.3. The lowest BCUT2D eigenvalue weighted by Crippen LogP contribution is -2.51. The number of carbonyl (C=O) groups is 2. The van der Waals surface area contributed by atoms with Gasteiger partial charge in [-0.1, -0.05) is 12.8 Å². The monoisotopic (exact) mass is 322 g/mol. The number of amides is 1. The Bertz CT molecular complexity index is 446. The lowest BCUT2D eigenvalue weighted by Gasteiger charge is -2.39. The summed E-state index contributed by atoms with van der Waals surface area (Å²) in [5, 5.41) is 6.75. The Balaban J connectivity index is 1.52. The van der Waals surface area contributed by atoms with Gasteiger partial charge in [-0.3, -0.25) is 9.59 Å². The summed E-state index contributed by atoms with van der Waals surface area (Å²) in [7, 11) is 0. The maximum Gasteiger partial charge on any atom is 0.308 e. The van der Waals surface area contributed by atoms with Crippen molar-refractivity contribution in [2.24, 2.45) is 17.3 Å². The van der Waals surface area contributed by atoms with Crippen LogP contribution in [0.15, 0.2) is 0 Å². The molecule has 1 heterocycles. The highest BCUT2D eigenvalue weighted by molar-refractivity contribution is 5.84. The standard InChI is InChI=1S/C18H30N2O3/c1-2-23-16(21)13-6-8-15(9-7-13)20-17(22)18-10-4-3-5-14(18)11-19-12-18/h13-15,19H,2-12H2,1H3,(H,20,22)/t13?,14-,15?,18+/m0/s1. The molecule has 0 unspecified atom stereocenters. The van der Waals surface area contributed by atoms with Crippen LogP contribution in [-0.4, -0.2) is 37.6 Å². The smallest absolute Gasteiger partial charge is 0.308 e. The van der Waals surface area contributed by atoms with E-state index in [1.807, 2.05) is 6.92 Å². The molecule has 0 bridgehead atoms. The Morgan fingerprint density at radius 1 is 1.17 bits per heavy atom. The molecule has 5 nitrogen and oxygen atoms in total. The number of esters is 1. The van der Waals surface area contributed by atoms with Gasteiger partial charge in [0.2, 0.25) is 5.91 Å². The number of ether oxygens (including phenoxy) is 1. The zero-order valence-corrected chi connectivity index (χ0v) is 14.2. The van der Waals surface area contributed by atoms with Crippen LogP contribution < -0.4 is 10.6 Å². The number of carbonyl (C=O) groups excluding carboxylic acids is 2. The molecule has 2 atom stereocenters. The molecule has 23 heavy (non-hydrogen) atoms. The molecule has 0 spiro atoms. The van der Waals surface area contributed by atoms with Crippen LogP contribution in [0.3, 0.4) is 0 Å². The molecule has 2 saturated carbocycles. The van der Waals surface area contributed by atoms with E-state index in [4.69, 9.17) is 4.74 Å². The third-order valence-corrected chi connectivity index (χ3v) is 6.17. The van der Waals surface area contributed by atoms with E-state index in [9.17, 15) is 9.59 Å². The predicted molar refractivity (Wildman–Crippen MR) is 87.8 cm³/mol. The van der Waals surface area contributed by atoms with E-state index in [1.165, 1.54) is 19.3 Å². The SMILES string of the molecule is CCOC(=O)C1CCC(NC(=O)[C@@]23CCCC[C@H]2CNC3)CC1. The summed E-state index contributed by atoms with van der Waals surface area (Å²) < 4.78 is 5.11. The summed E-state index contributed by atoms with van der Waals surface area (Å²) >= 11 is 0. The Labute approximate surface area is 138 Å². The van der Waals surface area contributed by atoms with Gasteiger partial charge in [0.05, 0.1) is 17.9 Å². The molecule has 2 N–H and O–H groups in total. The van der Waals surface area contributed by atoms with Gasteiger partial charge in [-0.2, -0.15) is 0 Å². The van der Waals surface area contributed by atoms with Crippen LogP contribution >= 0.6 is 0 Å². The van der Waals surface area contributed by atoms with Crippen LogP contribution in [0.4, 0.5) is 0 Å². The van der Waals surface area contributed by atoms with Crippen LogP contribution in [0.2, 0.25) is 0 Å². The quantitative estimate of drug-likeness (QED) is 0.777. The van der Waals surface area contributed by atoms with Crippen molar-refractivity contribution in [3.05, 3.63) is 0 Å². The summed E-state index contributed by atoms with van der Waals surface area (Å²) in [6.45, 7) is 4.12. The van der Waals surface area contributed by atoms with Crippen molar-refractivity contribution in [2.45, 2.75) is 64.3 Å². The zero-order valence-electron chi connectivity index (χ0n) is 14.2. The van der Waals surface area contributed by atoms with E-state index < -0.39 is 0 Å². The van der Waals surface area contributed by atoms with Crippen LogP contribution in [0.25, 0.3) is 0 Å². The molecule has 1 saturated heterocycles. The van der Waals surface area contributed by atoms with Crippen LogP contribution in [0, 0.1) is 17.3 Å². The van der Waals surface area contributed by atoms with Crippen molar-refractivity contribution in [3.63, 3.8) is 0 Å². The summed E-state index contributed by atoms with van der Waals surface area (Å²) in [5.41, 5.74) is -0.170. The fraction of sp³-hybridized carbons (Fsp3) is 0.889. The van der Waals surface area contributed by atoms with Gasteiger partial charge in [-0.25, -0.2) is 0 Å². The van der Waals surface area contributed by atoms with E-state index in [0.29, 0.717) is 12.5 Å². The minimum absolute atomic E-state index is 0.0249. The third kappa shape index (κ3) is 3.39. The second-order valence-electron chi connectivity index (χ2n) is 7.50. The second-order valence-corrected chi connectivity index (χ2v) is 7.50. The molecular formula is C18H30N2O3. The van der Waals surface area contributed by atoms with Crippen molar-refractivity contribution in [3.8, 4) is 0 Å². The van der Waals surface area contributed by atoms with Gasteiger partial charge < -0.3 is 15.4 Å². The van der Waals surface area contributed by atoms with Crippen molar-refractivity contribution in [1.29, 1.82) is 0 Å². The van der Waals surface area contributed by atoms with Crippen LogP contribution in [-0.2, 0) is 14.3 Å². The summed E-state index contributed by atoms with van der Waals surface area (Å²) in [5.74, 6) is 0.721. The van der Waals surface area contributed by atoms with Crippen molar-refractivity contribution < 1.29 is 14.3 Å². The van der Waals surface area contributed by atoms with Gasteiger partial charge in [-0.05, 0) is 57.9 Å². The van der Waals surface area contributed by atoms with Gasteiger partial charge in [0.15, 0.2) is 0 Å². The maximum absolute atomic E-state index is 12.9. The number of hydrogen-bond donors (Lipinski definition) is 2. The molecule has 0 aromatic rings. The topological polar surface area (TPSA) is 67.4 Å². The normalized spacial score (nSPS) is 37.0. The molecule has 5 heteroatoms. The molecule has 0 radical (unpaired) electrons. The molecule has 3 fully saturated rings. The van der Waals surface area contributed by atoms with Crippen molar-refractivity contribution in [2.75, 3.05) is 19.7 Å². The lowest BCUT2D eigenvalue weighted by atomic mass is 9.67. The fourth-order valence-corrected chi connectivity index (χ4v) is 4.75. The van der Waals surface area contributed by atoms with Crippen LogP contribution in [0.1, 0.15) is 58.3 Å². The highest BCUT2D eigenvalue weighted by atomic mass is 16.5. The third-order valence-electron chi connectivity index (χ3n) is 6.17. The summed E-state index contributed by atoms with van der Waals surface area (Å²) in [6, 6.07) is 0.228. The Hall–Kier alpha value is -1.10. The average Bonchev–Trinajstić information content (AvgIpc) is 3.01.